The number of rotatable bonds is 4. The highest BCUT2D eigenvalue weighted by Crippen LogP contribution is 2.27. The molecule has 0 aliphatic rings. The highest BCUT2D eigenvalue weighted by Gasteiger charge is 2.26. The lowest BCUT2D eigenvalue weighted by Gasteiger charge is -2.20. The van der Waals surface area contributed by atoms with E-state index in [1.54, 1.807) is 51.4 Å². The van der Waals surface area contributed by atoms with Crippen molar-refractivity contribution >= 4 is 15.7 Å². The number of aromatic nitrogens is 1. The molecule has 0 fully saturated rings. The van der Waals surface area contributed by atoms with Crippen LogP contribution in [-0.2, 0) is 16.6 Å². The first kappa shape index (κ1) is 15.5. The zero-order valence-electron chi connectivity index (χ0n) is 12.4. The van der Waals surface area contributed by atoms with E-state index in [1.165, 1.54) is 4.31 Å². The van der Waals surface area contributed by atoms with Crippen LogP contribution in [0.2, 0.25) is 0 Å². The molecule has 2 aromatic rings. The fourth-order valence-electron chi connectivity index (χ4n) is 2.20. The van der Waals surface area contributed by atoms with Gasteiger partial charge in [0.2, 0.25) is 10.0 Å². The second-order valence-corrected chi connectivity index (χ2v) is 6.99. The molecule has 0 atom stereocenters. The minimum atomic E-state index is -3.61. The quantitative estimate of drug-likeness (QED) is 0.878. The van der Waals surface area contributed by atoms with E-state index < -0.39 is 10.0 Å². The summed E-state index contributed by atoms with van der Waals surface area (Å²) < 4.78 is 26.8. The maximum atomic E-state index is 12.8. The molecule has 1 aromatic carbocycles. The highest BCUT2D eigenvalue weighted by atomic mass is 32.2. The van der Waals surface area contributed by atoms with E-state index in [2.05, 4.69) is 4.98 Å². The third-order valence-electron chi connectivity index (χ3n) is 3.42. The van der Waals surface area contributed by atoms with E-state index in [0.29, 0.717) is 22.5 Å². The fourth-order valence-corrected chi connectivity index (χ4v) is 3.79. The van der Waals surface area contributed by atoms with Crippen molar-refractivity contribution in [2.24, 2.45) is 0 Å². The third kappa shape index (κ3) is 3.06. The van der Waals surface area contributed by atoms with Crippen molar-refractivity contribution in [2.75, 3.05) is 12.8 Å². The Labute approximate surface area is 125 Å². The number of hydrogen-bond donors (Lipinski definition) is 1. The lowest BCUT2D eigenvalue weighted by atomic mass is 10.1. The van der Waals surface area contributed by atoms with Gasteiger partial charge in [0.1, 0.15) is 0 Å². The van der Waals surface area contributed by atoms with Crippen molar-refractivity contribution in [3.63, 3.8) is 0 Å². The normalized spacial score (nSPS) is 11.8. The Morgan fingerprint density at radius 2 is 1.90 bits per heavy atom. The molecular weight excluding hydrogens is 286 g/mol. The molecule has 2 rings (SSSR count). The monoisotopic (exact) mass is 305 g/mol. The first-order valence-electron chi connectivity index (χ1n) is 6.56. The maximum absolute atomic E-state index is 12.8. The molecule has 0 radical (unpaired) electrons. The van der Waals surface area contributed by atoms with Gasteiger partial charge in [-0.05, 0) is 43.2 Å². The largest absolute Gasteiger partial charge is 0.398 e. The molecule has 0 unspecified atom stereocenters. The molecule has 0 saturated heterocycles. The molecular formula is C15H19N3O2S. The second kappa shape index (κ2) is 5.83. The van der Waals surface area contributed by atoms with Crippen molar-refractivity contribution in [1.82, 2.24) is 9.29 Å². The molecule has 5 nitrogen and oxygen atoms in total. The van der Waals surface area contributed by atoms with Gasteiger partial charge < -0.3 is 5.73 Å². The summed E-state index contributed by atoms with van der Waals surface area (Å²) >= 11 is 0. The predicted octanol–water partition coefficient (Wildman–Crippen LogP) is 2.10. The topological polar surface area (TPSA) is 76.3 Å². The number of nitrogen functional groups attached to an aromatic ring is 1. The Kier molecular flexibility index (Phi) is 4.29. The molecule has 2 N–H and O–H groups in total. The van der Waals surface area contributed by atoms with Gasteiger partial charge in [-0.2, -0.15) is 4.31 Å². The van der Waals surface area contributed by atoms with Gasteiger partial charge in [-0.1, -0.05) is 12.1 Å². The van der Waals surface area contributed by atoms with Gasteiger partial charge in [-0.25, -0.2) is 8.42 Å². The third-order valence-corrected chi connectivity index (χ3v) is 5.52. The number of hydrogen-bond acceptors (Lipinski definition) is 4. The van der Waals surface area contributed by atoms with E-state index in [9.17, 15) is 8.42 Å². The number of benzene rings is 1. The molecule has 112 valence electrons. The van der Waals surface area contributed by atoms with Crippen LogP contribution < -0.4 is 5.73 Å². The molecule has 0 aliphatic carbocycles. The lowest BCUT2D eigenvalue weighted by Crippen LogP contribution is -2.28. The van der Waals surface area contributed by atoms with Crippen molar-refractivity contribution in [3.8, 4) is 0 Å². The van der Waals surface area contributed by atoms with Gasteiger partial charge in [0, 0.05) is 18.9 Å². The van der Waals surface area contributed by atoms with Crippen molar-refractivity contribution in [2.45, 2.75) is 25.3 Å². The number of sulfonamides is 1. The first-order valence-corrected chi connectivity index (χ1v) is 8.00. The SMILES string of the molecule is Cc1ccc(N)c(C)c1S(=O)(=O)N(C)Cc1ccccn1. The number of nitrogens with zero attached hydrogens (tertiary/aromatic N) is 2. The van der Waals surface area contributed by atoms with Crippen LogP contribution in [0.1, 0.15) is 16.8 Å². The van der Waals surface area contributed by atoms with Crippen molar-refractivity contribution in [1.29, 1.82) is 0 Å². The van der Waals surface area contributed by atoms with Crippen LogP contribution >= 0.6 is 0 Å². The Bertz CT molecular complexity index is 743. The van der Waals surface area contributed by atoms with Gasteiger partial charge in [0.15, 0.2) is 0 Å². The number of nitrogens with two attached hydrogens (primary N) is 1. The Hall–Kier alpha value is -1.92. The molecule has 21 heavy (non-hydrogen) atoms. The van der Waals surface area contributed by atoms with Crippen LogP contribution in [0.4, 0.5) is 5.69 Å². The molecule has 0 amide bonds. The number of aryl methyl sites for hydroxylation is 1. The zero-order chi connectivity index (χ0) is 15.6. The number of pyridine rings is 1. The van der Waals surface area contributed by atoms with Gasteiger partial charge >= 0.3 is 0 Å². The summed E-state index contributed by atoms with van der Waals surface area (Å²) in [6.45, 7) is 3.72. The van der Waals surface area contributed by atoms with E-state index in [4.69, 9.17) is 5.73 Å². The van der Waals surface area contributed by atoms with Crippen LogP contribution in [-0.4, -0.2) is 24.8 Å². The Morgan fingerprint density at radius 3 is 2.52 bits per heavy atom. The summed E-state index contributed by atoms with van der Waals surface area (Å²) in [5, 5.41) is 0. The minimum absolute atomic E-state index is 0.219. The van der Waals surface area contributed by atoms with Crippen LogP contribution in [0.3, 0.4) is 0 Å². The van der Waals surface area contributed by atoms with E-state index >= 15 is 0 Å². The molecule has 0 saturated carbocycles. The molecule has 6 heteroatoms. The second-order valence-electron chi connectivity index (χ2n) is 5.01. The Morgan fingerprint density at radius 1 is 1.19 bits per heavy atom. The van der Waals surface area contributed by atoms with Crippen LogP contribution in [0.5, 0.6) is 0 Å². The molecule has 1 aromatic heterocycles. The smallest absolute Gasteiger partial charge is 0.243 e. The first-order chi connectivity index (χ1) is 9.84. The average molecular weight is 305 g/mol. The predicted molar refractivity (Wildman–Crippen MR) is 83.2 cm³/mol. The van der Waals surface area contributed by atoms with Crippen LogP contribution in [0, 0.1) is 13.8 Å². The van der Waals surface area contributed by atoms with Gasteiger partial charge in [0.05, 0.1) is 17.1 Å². The standard InChI is InChI=1S/C15H19N3O2S/c1-11-7-8-14(16)12(2)15(11)21(19,20)18(3)10-13-6-4-5-9-17-13/h4-9H,10,16H2,1-3H3. The van der Waals surface area contributed by atoms with Gasteiger partial charge in [-0.15, -0.1) is 0 Å². The Balaban J connectivity index is 2.41. The summed E-state index contributed by atoms with van der Waals surface area (Å²) in [4.78, 5) is 4.44. The summed E-state index contributed by atoms with van der Waals surface area (Å²) in [5.41, 5.74) is 8.29. The molecule has 0 spiro atoms. The van der Waals surface area contributed by atoms with Crippen molar-refractivity contribution < 1.29 is 8.42 Å². The summed E-state index contributed by atoms with van der Waals surface area (Å²) in [6, 6.07) is 8.88. The zero-order valence-corrected chi connectivity index (χ0v) is 13.2. The molecule has 0 aliphatic heterocycles. The van der Waals surface area contributed by atoms with Crippen LogP contribution in [0.25, 0.3) is 0 Å². The molecule has 1 heterocycles. The number of anilines is 1. The summed E-state index contributed by atoms with van der Waals surface area (Å²) in [5.74, 6) is 0. The lowest BCUT2D eigenvalue weighted by molar-refractivity contribution is 0.461. The summed E-state index contributed by atoms with van der Waals surface area (Å²) in [7, 11) is -2.06. The van der Waals surface area contributed by atoms with E-state index in [-0.39, 0.29) is 11.4 Å². The van der Waals surface area contributed by atoms with Crippen molar-refractivity contribution in [3.05, 3.63) is 53.3 Å². The molecule has 0 bridgehead atoms. The minimum Gasteiger partial charge on any atom is -0.398 e. The van der Waals surface area contributed by atoms with E-state index in [1.807, 2.05) is 6.07 Å². The maximum Gasteiger partial charge on any atom is 0.243 e. The van der Waals surface area contributed by atoms with Gasteiger partial charge in [0.25, 0.3) is 0 Å². The fraction of sp³-hybridized carbons (Fsp3) is 0.267. The van der Waals surface area contributed by atoms with Gasteiger partial charge in [-0.3, -0.25) is 4.98 Å². The highest BCUT2D eigenvalue weighted by molar-refractivity contribution is 7.89. The average Bonchev–Trinajstić information content (AvgIpc) is 2.44. The summed E-state index contributed by atoms with van der Waals surface area (Å²) in [6.07, 6.45) is 1.65. The van der Waals surface area contributed by atoms with E-state index in [0.717, 1.165) is 0 Å². The van der Waals surface area contributed by atoms with Crippen LogP contribution in [0.15, 0.2) is 41.4 Å².